The van der Waals surface area contributed by atoms with E-state index in [0.717, 1.165) is 41.0 Å². The number of fused-ring (bicyclic) bond motifs is 1. The summed E-state index contributed by atoms with van der Waals surface area (Å²) in [5.41, 5.74) is 0.989. The minimum atomic E-state index is -0.873. The topological polar surface area (TPSA) is 45.6 Å². The monoisotopic (exact) mass is 440 g/mol. The molecule has 2 heterocycles. The number of piperidine rings is 1. The predicted molar refractivity (Wildman–Crippen MR) is 134 cm³/mol. The van der Waals surface area contributed by atoms with Gasteiger partial charge in [0.1, 0.15) is 5.75 Å². The van der Waals surface area contributed by atoms with E-state index < -0.39 is 5.60 Å². The summed E-state index contributed by atoms with van der Waals surface area (Å²) < 4.78 is 5.42. The highest BCUT2D eigenvalue weighted by Gasteiger charge is 2.32. The fraction of sp³-hybridized carbons (Fsp3) is 0.679. The number of methoxy groups -OCH3 is 1. The van der Waals surface area contributed by atoms with Gasteiger partial charge in [0.25, 0.3) is 0 Å². The SMILES string of the molecule is CCCCCCCN1CC[C@@H](CC[C@@](C)(O)c2ccnc3ccc(OC)cc23)[C@@H](CC)C1. The second-order valence-corrected chi connectivity index (χ2v) is 9.99. The zero-order chi connectivity index (χ0) is 23.0. The maximum absolute atomic E-state index is 11.5. The highest BCUT2D eigenvalue weighted by atomic mass is 16.5. The van der Waals surface area contributed by atoms with Crippen molar-refractivity contribution in [1.82, 2.24) is 9.88 Å². The summed E-state index contributed by atoms with van der Waals surface area (Å²) in [5.74, 6) is 2.24. The third kappa shape index (κ3) is 6.45. The fourth-order valence-corrected chi connectivity index (χ4v) is 5.46. The molecular weight excluding hydrogens is 396 g/mol. The van der Waals surface area contributed by atoms with Crippen LogP contribution in [0.4, 0.5) is 0 Å². The standard InChI is InChI=1S/C28H44N2O2/c1-5-7-8-9-10-18-30-19-15-23(22(6-2)21-30)13-16-28(3,31)26-14-17-29-27-12-11-24(32-4)20-25(26)27/h11-12,14,17,20,22-23,31H,5-10,13,15-16,18-19,21H2,1-4H3/t22-,23+,28+/m0/s1. The first kappa shape index (κ1) is 25.0. The molecule has 1 aliphatic heterocycles. The van der Waals surface area contributed by atoms with Gasteiger partial charge >= 0.3 is 0 Å². The Hall–Kier alpha value is -1.65. The Morgan fingerprint density at radius 1 is 1.12 bits per heavy atom. The van der Waals surface area contributed by atoms with Crippen molar-refractivity contribution in [2.75, 3.05) is 26.7 Å². The molecule has 1 saturated heterocycles. The van der Waals surface area contributed by atoms with Crippen molar-refractivity contribution in [2.24, 2.45) is 11.8 Å². The summed E-state index contributed by atoms with van der Waals surface area (Å²) in [4.78, 5) is 7.17. The Morgan fingerprint density at radius 3 is 2.69 bits per heavy atom. The van der Waals surface area contributed by atoms with Crippen molar-refractivity contribution in [3.05, 3.63) is 36.0 Å². The smallest absolute Gasteiger partial charge is 0.119 e. The number of benzene rings is 1. The van der Waals surface area contributed by atoms with E-state index in [1.807, 2.05) is 37.4 Å². The van der Waals surface area contributed by atoms with Gasteiger partial charge in [0.05, 0.1) is 18.2 Å². The second kappa shape index (κ2) is 12.0. The summed E-state index contributed by atoms with van der Waals surface area (Å²) in [6.07, 6.45) is 12.9. The van der Waals surface area contributed by atoms with Gasteiger partial charge in [-0.05, 0) is 87.4 Å². The molecule has 0 saturated carbocycles. The molecule has 1 aliphatic rings. The fourth-order valence-electron chi connectivity index (χ4n) is 5.46. The van der Waals surface area contributed by atoms with Gasteiger partial charge in [0.15, 0.2) is 0 Å². The van der Waals surface area contributed by atoms with E-state index in [4.69, 9.17) is 4.74 Å². The van der Waals surface area contributed by atoms with Gasteiger partial charge in [0, 0.05) is 18.1 Å². The summed E-state index contributed by atoms with van der Waals surface area (Å²) in [7, 11) is 1.68. The van der Waals surface area contributed by atoms with E-state index in [0.29, 0.717) is 5.92 Å². The number of aromatic nitrogens is 1. The van der Waals surface area contributed by atoms with Crippen molar-refractivity contribution in [2.45, 2.75) is 84.2 Å². The zero-order valence-electron chi connectivity index (χ0n) is 20.8. The van der Waals surface area contributed by atoms with Crippen LogP contribution < -0.4 is 4.74 Å². The van der Waals surface area contributed by atoms with Crippen LogP contribution in [0.5, 0.6) is 5.75 Å². The molecular formula is C28H44N2O2. The van der Waals surface area contributed by atoms with Gasteiger partial charge < -0.3 is 14.7 Å². The Bertz CT molecular complexity index is 835. The molecule has 178 valence electrons. The van der Waals surface area contributed by atoms with Crippen molar-refractivity contribution < 1.29 is 9.84 Å². The molecule has 1 fully saturated rings. The highest BCUT2D eigenvalue weighted by Crippen LogP contribution is 2.37. The lowest BCUT2D eigenvalue weighted by Gasteiger charge is -2.39. The number of ether oxygens (including phenoxy) is 1. The van der Waals surface area contributed by atoms with E-state index in [1.165, 1.54) is 64.6 Å². The summed E-state index contributed by atoms with van der Waals surface area (Å²) >= 11 is 0. The van der Waals surface area contributed by atoms with Crippen molar-refractivity contribution in [1.29, 1.82) is 0 Å². The average molecular weight is 441 g/mol. The first-order chi connectivity index (χ1) is 15.5. The Balaban J connectivity index is 1.59. The molecule has 1 N–H and O–H groups in total. The normalized spacial score (nSPS) is 21.5. The maximum atomic E-state index is 11.5. The van der Waals surface area contributed by atoms with Crippen LogP contribution in [0, 0.1) is 11.8 Å². The molecule has 0 unspecified atom stereocenters. The lowest BCUT2D eigenvalue weighted by atomic mass is 9.77. The van der Waals surface area contributed by atoms with Crippen molar-refractivity contribution in [3.63, 3.8) is 0 Å². The summed E-state index contributed by atoms with van der Waals surface area (Å²) in [6, 6.07) is 7.87. The van der Waals surface area contributed by atoms with Crippen molar-refractivity contribution >= 4 is 10.9 Å². The van der Waals surface area contributed by atoms with Crippen LogP contribution in [0.2, 0.25) is 0 Å². The highest BCUT2D eigenvalue weighted by molar-refractivity contribution is 5.84. The van der Waals surface area contributed by atoms with Gasteiger partial charge in [-0.1, -0.05) is 46.0 Å². The molecule has 1 aromatic heterocycles. The largest absolute Gasteiger partial charge is 0.497 e. The van der Waals surface area contributed by atoms with Gasteiger partial charge in [-0.2, -0.15) is 0 Å². The molecule has 1 aromatic carbocycles. The molecule has 0 amide bonds. The first-order valence-electron chi connectivity index (χ1n) is 12.9. The minimum absolute atomic E-state index is 0.699. The van der Waals surface area contributed by atoms with Crippen LogP contribution in [0.25, 0.3) is 10.9 Å². The number of rotatable bonds is 12. The van der Waals surface area contributed by atoms with E-state index in [-0.39, 0.29) is 0 Å². The zero-order valence-corrected chi connectivity index (χ0v) is 20.8. The van der Waals surface area contributed by atoms with Gasteiger partial charge in [0.2, 0.25) is 0 Å². The van der Waals surface area contributed by atoms with E-state index >= 15 is 0 Å². The van der Waals surface area contributed by atoms with Crippen molar-refractivity contribution in [3.8, 4) is 5.75 Å². The lowest BCUT2D eigenvalue weighted by Crippen LogP contribution is -2.41. The van der Waals surface area contributed by atoms with Crippen LogP contribution in [0.15, 0.2) is 30.5 Å². The number of pyridine rings is 1. The number of likely N-dealkylation sites (tertiary alicyclic amines) is 1. The number of hydrogen-bond acceptors (Lipinski definition) is 4. The third-order valence-electron chi connectivity index (χ3n) is 7.61. The van der Waals surface area contributed by atoms with Gasteiger partial charge in [-0.25, -0.2) is 0 Å². The first-order valence-corrected chi connectivity index (χ1v) is 12.9. The van der Waals surface area contributed by atoms with Crippen LogP contribution in [0.3, 0.4) is 0 Å². The van der Waals surface area contributed by atoms with Gasteiger partial charge in [-0.15, -0.1) is 0 Å². The lowest BCUT2D eigenvalue weighted by molar-refractivity contribution is 0.0284. The Labute approximate surface area is 195 Å². The Kier molecular flexibility index (Phi) is 9.36. The van der Waals surface area contributed by atoms with E-state index in [9.17, 15) is 5.11 Å². The number of unbranched alkanes of at least 4 members (excludes halogenated alkanes) is 4. The molecule has 0 bridgehead atoms. The number of aliphatic hydroxyl groups is 1. The van der Waals surface area contributed by atoms with E-state index in [2.05, 4.69) is 23.7 Å². The molecule has 4 nitrogen and oxygen atoms in total. The molecule has 3 rings (SSSR count). The molecule has 0 spiro atoms. The van der Waals surface area contributed by atoms with Crippen LogP contribution in [0.1, 0.15) is 84.1 Å². The molecule has 3 atom stereocenters. The maximum Gasteiger partial charge on any atom is 0.119 e. The second-order valence-electron chi connectivity index (χ2n) is 9.99. The third-order valence-corrected chi connectivity index (χ3v) is 7.61. The van der Waals surface area contributed by atoms with Crippen LogP contribution in [-0.2, 0) is 5.60 Å². The molecule has 32 heavy (non-hydrogen) atoms. The van der Waals surface area contributed by atoms with E-state index in [1.54, 1.807) is 7.11 Å². The molecule has 0 aliphatic carbocycles. The minimum Gasteiger partial charge on any atom is -0.497 e. The average Bonchev–Trinajstić information content (AvgIpc) is 2.82. The quantitative estimate of drug-likeness (QED) is 0.380. The summed E-state index contributed by atoms with van der Waals surface area (Å²) in [5, 5.41) is 12.5. The number of hydrogen-bond donors (Lipinski definition) is 1. The predicted octanol–water partition coefficient (Wildman–Crippen LogP) is 6.55. The van der Waals surface area contributed by atoms with Gasteiger partial charge in [-0.3, -0.25) is 4.98 Å². The molecule has 4 heteroatoms. The molecule has 2 aromatic rings. The summed E-state index contributed by atoms with van der Waals surface area (Å²) in [6.45, 7) is 10.3. The Morgan fingerprint density at radius 2 is 1.94 bits per heavy atom. The molecule has 0 radical (unpaired) electrons. The van der Waals surface area contributed by atoms with Crippen LogP contribution in [-0.4, -0.2) is 41.7 Å². The van der Waals surface area contributed by atoms with Crippen LogP contribution >= 0.6 is 0 Å². The number of nitrogens with zero attached hydrogens (tertiary/aromatic N) is 2.